The lowest BCUT2D eigenvalue weighted by Crippen LogP contribution is -2.20. The summed E-state index contributed by atoms with van der Waals surface area (Å²) in [4.78, 5) is 27.9. The third kappa shape index (κ3) is 5.64. The normalized spacial score (nSPS) is 10.5. The van der Waals surface area contributed by atoms with Crippen LogP contribution in [0.2, 0.25) is 0 Å². The van der Waals surface area contributed by atoms with Gasteiger partial charge in [-0.25, -0.2) is 0 Å². The molecular formula is C22H19N3O2. The lowest BCUT2D eigenvalue weighted by Gasteiger charge is -2.07. The van der Waals surface area contributed by atoms with Gasteiger partial charge in [-0.15, -0.1) is 0 Å². The Morgan fingerprint density at radius 1 is 0.926 bits per heavy atom. The highest BCUT2D eigenvalue weighted by Gasteiger charge is 2.05. The molecule has 0 aliphatic carbocycles. The van der Waals surface area contributed by atoms with E-state index in [4.69, 9.17) is 0 Å². The summed E-state index contributed by atoms with van der Waals surface area (Å²) in [6.07, 6.45) is 6.42. The van der Waals surface area contributed by atoms with Crippen LogP contribution in [0, 0.1) is 0 Å². The third-order valence-corrected chi connectivity index (χ3v) is 3.83. The van der Waals surface area contributed by atoms with Gasteiger partial charge in [-0.2, -0.15) is 0 Å². The molecule has 1 aromatic heterocycles. The zero-order valence-electron chi connectivity index (χ0n) is 14.6. The van der Waals surface area contributed by atoms with Crippen molar-refractivity contribution in [3.05, 3.63) is 102 Å². The molecular weight excluding hydrogens is 338 g/mol. The number of aromatic nitrogens is 1. The summed E-state index contributed by atoms with van der Waals surface area (Å²) in [6.45, 7) is 0.412. The summed E-state index contributed by atoms with van der Waals surface area (Å²) in [5, 5.41) is 5.65. The van der Waals surface area contributed by atoms with Crippen molar-refractivity contribution in [2.45, 2.75) is 6.54 Å². The van der Waals surface area contributed by atoms with Crippen LogP contribution in [-0.2, 0) is 11.3 Å². The molecule has 2 N–H and O–H groups in total. The number of nitrogens with zero attached hydrogens (tertiary/aromatic N) is 1. The van der Waals surface area contributed by atoms with E-state index in [9.17, 15) is 9.59 Å². The maximum Gasteiger partial charge on any atom is 0.257 e. The van der Waals surface area contributed by atoms with Crippen molar-refractivity contribution in [2.75, 3.05) is 5.32 Å². The number of carbonyl (C=O) groups excluding carboxylic acids is 2. The second-order valence-electron chi connectivity index (χ2n) is 5.85. The van der Waals surface area contributed by atoms with E-state index in [-0.39, 0.29) is 11.8 Å². The monoisotopic (exact) mass is 357 g/mol. The van der Waals surface area contributed by atoms with Gasteiger partial charge >= 0.3 is 0 Å². The zero-order valence-corrected chi connectivity index (χ0v) is 14.6. The van der Waals surface area contributed by atoms with Crippen LogP contribution in [0.15, 0.2) is 85.2 Å². The molecule has 1 heterocycles. The minimum Gasteiger partial charge on any atom is -0.348 e. The molecule has 3 aromatic rings. The van der Waals surface area contributed by atoms with E-state index < -0.39 is 0 Å². The lowest BCUT2D eigenvalue weighted by atomic mass is 10.2. The number of benzene rings is 2. The fraction of sp³-hybridized carbons (Fsp3) is 0.0455. The Hall–Kier alpha value is -3.73. The predicted molar refractivity (Wildman–Crippen MR) is 106 cm³/mol. The van der Waals surface area contributed by atoms with Crippen molar-refractivity contribution in [3.8, 4) is 0 Å². The highest BCUT2D eigenvalue weighted by Crippen LogP contribution is 2.11. The molecule has 134 valence electrons. The van der Waals surface area contributed by atoms with Gasteiger partial charge in [-0.1, -0.05) is 42.5 Å². The van der Waals surface area contributed by atoms with E-state index in [0.29, 0.717) is 17.8 Å². The van der Waals surface area contributed by atoms with Gasteiger partial charge in [0.15, 0.2) is 0 Å². The highest BCUT2D eigenvalue weighted by atomic mass is 16.2. The molecule has 0 saturated heterocycles. The standard InChI is InChI=1S/C22H19N3O2/c26-21(13-10-17-5-2-1-3-6-17)24-15-18-8-11-20(12-9-18)25-22(27)19-7-4-14-23-16-19/h1-14,16H,15H2,(H,24,26)(H,25,27)/b13-10+. The second-order valence-corrected chi connectivity index (χ2v) is 5.85. The third-order valence-electron chi connectivity index (χ3n) is 3.83. The molecule has 5 heteroatoms. The molecule has 0 aliphatic heterocycles. The number of pyridine rings is 1. The molecule has 0 bridgehead atoms. The first kappa shape index (κ1) is 18.1. The van der Waals surface area contributed by atoms with Gasteiger partial charge in [-0.05, 0) is 41.5 Å². The van der Waals surface area contributed by atoms with Gasteiger partial charge in [-0.3, -0.25) is 14.6 Å². The molecule has 0 saturated carbocycles. The molecule has 0 aliphatic rings. The van der Waals surface area contributed by atoms with E-state index in [1.54, 1.807) is 36.5 Å². The summed E-state index contributed by atoms with van der Waals surface area (Å²) < 4.78 is 0. The summed E-state index contributed by atoms with van der Waals surface area (Å²) >= 11 is 0. The van der Waals surface area contributed by atoms with Crippen molar-refractivity contribution in [2.24, 2.45) is 0 Å². The van der Waals surface area contributed by atoms with Crippen molar-refractivity contribution < 1.29 is 9.59 Å². The van der Waals surface area contributed by atoms with Crippen LogP contribution in [0.1, 0.15) is 21.5 Å². The lowest BCUT2D eigenvalue weighted by molar-refractivity contribution is -0.116. The predicted octanol–water partition coefficient (Wildman–Crippen LogP) is 3.66. The molecule has 2 aromatic carbocycles. The fourth-order valence-electron chi connectivity index (χ4n) is 2.39. The minimum absolute atomic E-state index is 0.159. The number of carbonyl (C=O) groups is 2. The van der Waals surface area contributed by atoms with Crippen LogP contribution in [0.3, 0.4) is 0 Å². The Labute approximate surface area is 157 Å². The molecule has 0 radical (unpaired) electrons. The van der Waals surface area contributed by atoms with Crippen LogP contribution in [0.5, 0.6) is 0 Å². The first-order chi connectivity index (χ1) is 13.2. The van der Waals surface area contributed by atoms with Gasteiger partial charge in [0, 0.05) is 30.7 Å². The van der Waals surface area contributed by atoms with Gasteiger partial charge in [0.2, 0.25) is 5.91 Å². The maximum absolute atomic E-state index is 12.1. The number of nitrogens with one attached hydrogen (secondary N) is 2. The average Bonchev–Trinajstić information content (AvgIpc) is 2.73. The number of rotatable bonds is 6. The number of hydrogen-bond acceptors (Lipinski definition) is 3. The van der Waals surface area contributed by atoms with Crippen LogP contribution in [-0.4, -0.2) is 16.8 Å². The second kappa shape index (κ2) is 9.10. The quantitative estimate of drug-likeness (QED) is 0.661. The Kier molecular flexibility index (Phi) is 6.09. The van der Waals surface area contributed by atoms with Gasteiger partial charge in [0.05, 0.1) is 5.56 Å². The molecule has 0 spiro atoms. The van der Waals surface area contributed by atoms with Crippen LogP contribution < -0.4 is 10.6 Å². The highest BCUT2D eigenvalue weighted by molar-refractivity contribution is 6.04. The maximum atomic E-state index is 12.1. The van der Waals surface area contributed by atoms with Crippen molar-refractivity contribution in [1.82, 2.24) is 10.3 Å². The smallest absolute Gasteiger partial charge is 0.257 e. The molecule has 0 atom stereocenters. The fourth-order valence-corrected chi connectivity index (χ4v) is 2.39. The van der Waals surface area contributed by atoms with Gasteiger partial charge in [0.25, 0.3) is 5.91 Å². The molecule has 2 amide bonds. The molecule has 27 heavy (non-hydrogen) atoms. The van der Waals surface area contributed by atoms with Gasteiger partial charge < -0.3 is 10.6 Å². The first-order valence-electron chi connectivity index (χ1n) is 8.52. The Balaban J connectivity index is 1.49. The van der Waals surface area contributed by atoms with Gasteiger partial charge in [0.1, 0.15) is 0 Å². The first-order valence-corrected chi connectivity index (χ1v) is 8.52. The molecule has 0 unspecified atom stereocenters. The summed E-state index contributed by atoms with van der Waals surface area (Å²) in [7, 11) is 0. The van der Waals surface area contributed by atoms with E-state index in [1.165, 1.54) is 12.3 Å². The van der Waals surface area contributed by atoms with E-state index >= 15 is 0 Å². The topological polar surface area (TPSA) is 71.1 Å². The number of anilines is 1. The SMILES string of the molecule is O=C(/C=C/c1ccccc1)NCc1ccc(NC(=O)c2cccnc2)cc1. The van der Waals surface area contributed by atoms with E-state index in [2.05, 4.69) is 15.6 Å². The summed E-state index contributed by atoms with van der Waals surface area (Å²) in [5.41, 5.74) is 3.10. The zero-order chi connectivity index (χ0) is 18.9. The Morgan fingerprint density at radius 2 is 1.70 bits per heavy atom. The van der Waals surface area contributed by atoms with Crippen molar-refractivity contribution >= 4 is 23.6 Å². The minimum atomic E-state index is -0.213. The Morgan fingerprint density at radius 3 is 2.41 bits per heavy atom. The molecule has 3 rings (SSSR count). The van der Waals surface area contributed by atoms with Crippen LogP contribution in [0.4, 0.5) is 5.69 Å². The van der Waals surface area contributed by atoms with E-state index in [1.807, 2.05) is 42.5 Å². The largest absolute Gasteiger partial charge is 0.348 e. The number of hydrogen-bond donors (Lipinski definition) is 2. The van der Waals surface area contributed by atoms with Crippen molar-refractivity contribution in [3.63, 3.8) is 0 Å². The molecule has 0 fully saturated rings. The summed E-state index contributed by atoms with van der Waals surface area (Å²) in [6, 6.07) is 20.4. The van der Waals surface area contributed by atoms with Crippen molar-refractivity contribution in [1.29, 1.82) is 0 Å². The van der Waals surface area contributed by atoms with Crippen LogP contribution >= 0.6 is 0 Å². The van der Waals surface area contributed by atoms with E-state index in [0.717, 1.165) is 11.1 Å². The van der Waals surface area contributed by atoms with Crippen LogP contribution in [0.25, 0.3) is 6.08 Å². The average molecular weight is 357 g/mol. The number of amides is 2. The summed E-state index contributed by atoms with van der Waals surface area (Å²) in [5.74, 6) is -0.372. The Bertz CT molecular complexity index is 921. The molecule has 5 nitrogen and oxygen atoms in total.